The molecule has 0 heterocycles. The largest absolute Gasteiger partial charge is 0.480 e. The van der Waals surface area contributed by atoms with Crippen molar-refractivity contribution >= 4 is 11.9 Å². The fourth-order valence-electron chi connectivity index (χ4n) is 1.48. The minimum absolute atomic E-state index is 0.0593. The average molecular weight is 222 g/mol. The zero-order valence-corrected chi connectivity index (χ0v) is 8.20. The van der Waals surface area contributed by atoms with Crippen LogP contribution in [-0.2, 0) is 14.3 Å². The van der Waals surface area contributed by atoms with Gasteiger partial charge in [0, 0.05) is 5.92 Å². The average Bonchev–Trinajstić information content (AvgIpc) is 2.90. The molecule has 6 heteroatoms. The molecule has 0 aromatic rings. The molecule has 4 nitrogen and oxygen atoms in total. The van der Waals surface area contributed by atoms with Crippen molar-refractivity contribution in [1.29, 1.82) is 0 Å². The smallest absolute Gasteiger partial charge is 0.324 e. The topological polar surface area (TPSA) is 63.6 Å². The number of hydrogen-bond acceptors (Lipinski definition) is 3. The van der Waals surface area contributed by atoms with Gasteiger partial charge in [-0.05, 0) is 12.8 Å². The summed E-state index contributed by atoms with van der Waals surface area (Å²) in [4.78, 5) is 22.1. The molecular weight excluding hydrogens is 210 g/mol. The molecule has 1 N–H and O–H groups in total. The van der Waals surface area contributed by atoms with Gasteiger partial charge in [0.2, 0.25) is 6.43 Å². The van der Waals surface area contributed by atoms with E-state index in [0.29, 0.717) is 6.42 Å². The Bertz CT molecular complexity index is 279. The molecule has 0 saturated heterocycles. The number of carbonyl (C=O) groups is 2. The highest BCUT2D eigenvalue weighted by molar-refractivity contribution is 6.03. The van der Waals surface area contributed by atoms with E-state index < -0.39 is 29.7 Å². The Morgan fingerprint density at radius 2 is 2.20 bits per heavy atom. The zero-order valence-electron chi connectivity index (χ0n) is 8.20. The molecule has 0 bridgehead atoms. The highest BCUT2D eigenvalue weighted by Gasteiger charge is 2.71. The third kappa shape index (κ3) is 1.93. The molecule has 0 spiro atoms. The molecule has 15 heavy (non-hydrogen) atoms. The maximum Gasteiger partial charge on any atom is 0.324 e. The van der Waals surface area contributed by atoms with Crippen LogP contribution < -0.4 is 0 Å². The van der Waals surface area contributed by atoms with E-state index in [0.717, 1.165) is 0 Å². The van der Waals surface area contributed by atoms with Gasteiger partial charge in [0.1, 0.15) is 0 Å². The maximum absolute atomic E-state index is 12.3. The first-order valence-electron chi connectivity index (χ1n) is 4.65. The van der Waals surface area contributed by atoms with E-state index in [1.165, 1.54) is 0 Å². The Labute approximate surface area is 85.2 Å². The molecule has 1 saturated carbocycles. The lowest BCUT2D eigenvalue weighted by molar-refractivity contribution is -0.163. The molecule has 1 aliphatic carbocycles. The van der Waals surface area contributed by atoms with Gasteiger partial charge in [0.15, 0.2) is 5.41 Å². The summed E-state index contributed by atoms with van der Waals surface area (Å²) in [6.07, 6.45) is -2.60. The van der Waals surface area contributed by atoms with Gasteiger partial charge in [0.25, 0.3) is 0 Å². The second kappa shape index (κ2) is 4.12. The normalized spacial score (nSPS) is 28.9. The lowest BCUT2D eigenvalue weighted by atomic mass is 10.0. The van der Waals surface area contributed by atoms with Crippen molar-refractivity contribution in [1.82, 2.24) is 0 Å². The number of carbonyl (C=O) groups excluding carboxylic acids is 1. The number of carboxylic acid groups (broad SMARTS) is 1. The van der Waals surface area contributed by atoms with Gasteiger partial charge in [0.05, 0.1) is 6.61 Å². The Balaban J connectivity index is 2.70. The highest BCUT2D eigenvalue weighted by Crippen LogP contribution is 2.56. The molecule has 1 fully saturated rings. The fourth-order valence-corrected chi connectivity index (χ4v) is 1.48. The summed E-state index contributed by atoms with van der Waals surface area (Å²) < 4.78 is 29.2. The lowest BCUT2D eigenvalue weighted by Gasteiger charge is -2.11. The molecular formula is C9H12F2O4. The van der Waals surface area contributed by atoms with Crippen molar-refractivity contribution in [3.63, 3.8) is 0 Å². The number of hydrogen-bond donors (Lipinski definition) is 1. The van der Waals surface area contributed by atoms with Crippen molar-refractivity contribution < 1.29 is 28.2 Å². The molecule has 0 aromatic carbocycles. The Morgan fingerprint density at radius 3 is 2.53 bits per heavy atom. The van der Waals surface area contributed by atoms with Gasteiger partial charge >= 0.3 is 11.9 Å². The van der Waals surface area contributed by atoms with Crippen LogP contribution in [0.4, 0.5) is 8.78 Å². The van der Waals surface area contributed by atoms with Crippen LogP contribution in [-0.4, -0.2) is 30.1 Å². The molecule has 0 radical (unpaired) electrons. The monoisotopic (exact) mass is 222 g/mol. The van der Waals surface area contributed by atoms with Crippen molar-refractivity contribution in [2.45, 2.75) is 26.2 Å². The molecule has 86 valence electrons. The van der Waals surface area contributed by atoms with E-state index in [-0.39, 0.29) is 13.0 Å². The number of ether oxygens (including phenoxy) is 1. The Kier molecular flexibility index (Phi) is 3.26. The highest BCUT2D eigenvalue weighted by atomic mass is 19.3. The van der Waals surface area contributed by atoms with Crippen LogP contribution in [0, 0.1) is 11.3 Å². The molecule has 1 aliphatic rings. The van der Waals surface area contributed by atoms with Gasteiger partial charge in [-0.2, -0.15) is 0 Å². The molecule has 0 amide bonds. The van der Waals surface area contributed by atoms with Crippen LogP contribution in [0.1, 0.15) is 19.8 Å². The predicted molar refractivity (Wildman–Crippen MR) is 45.4 cm³/mol. The summed E-state index contributed by atoms with van der Waals surface area (Å²) in [6.45, 7) is 1.79. The first kappa shape index (κ1) is 11.9. The maximum atomic E-state index is 12.3. The number of aliphatic carboxylic acids is 1. The van der Waals surface area contributed by atoms with Gasteiger partial charge in [-0.25, -0.2) is 8.78 Å². The van der Waals surface area contributed by atoms with Crippen LogP contribution in [0.15, 0.2) is 0 Å². The van der Waals surface area contributed by atoms with Crippen LogP contribution >= 0.6 is 0 Å². The minimum Gasteiger partial charge on any atom is -0.480 e. The molecule has 0 aliphatic heterocycles. The first-order valence-corrected chi connectivity index (χ1v) is 4.65. The zero-order chi connectivity index (χ0) is 11.6. The standard InChI is InChI=1S/C9H12F2O4/c1-2-3-15-8(14)9(7(12)13)4-5(9)6(10)11/h5-6H,2-4H2,1H3,(H,12,13)/t5-,9-/m0/s1. The lowest BCUT2D eigenvalue weighted by Crippen LogP contribution is -2.31. The predicted octanol–water partition coefficient (Wildman–Crippen LogP) is 1.30. The summed E-state index contributed by atoms with van der Waals surface area (Å²) in [7, 11) is 0. The Hall–Kier alpha value is -1.20. The summed E-state index contributed by atoms with van der Waals surface area (Å²) in [5, 5.41) is 8.76. The van der Waals surface area contributed by atoms with Crippen LogP contribution in [0.25, 0.3) is 0 Å². The SMILES string of the molecule is CCCOC(=O)[C@@]1(C(=O)O)C[C@H]1C(F)F. The minimum atomic E-state index is -2.80. The second-order valence-corrected chi connectivity index (χ2v) is 3.56. The number of esters is 1. The van der Waals surface area contributed by atoms with Crippen LogP contribution in [0.2, 0.25) is 0 Å². The van der Waals surface area contributed by atoms with E-state index in [1.807, 2.05) is 0 Å². The number of alkyl halides is 2. The van der Waals surface area contributed by atoms with Gasteiger partial charge in [-0.1, -0.05) is 6.92 Å². The number of rotatable bonds is 5. The van der Waals surface area contributed by atoms with Gasteiger partial charge < -0.3 is 9.84 Å². The molecule has 0 unspecified atom stereocenters. The quantitative estimate of drug-likeness (QED) is 0.562. The molecule has 2 atom stereocenters. The van der Waals surface area contributed by atoms with Crippen molar-refractivity contribution in [2.75, 3.05) is 6.61 Å². The summed E-state index contributed by atoms with van der Waals surface area (Å²) >= 11 is 0. The van der Waals surface area contributed by atoms with E-state index >= 15 is 0 Å². The first-order chi connectivity index (χ1) is 6.96. The third-order valence-corrected chi connectivity index (χ3v) is 2.50. The summed E-state index contributed by atoms with van der Waals surface area (Å²) in [5.74, 6) is -3.96. The van der Waals surface area contributed by atoms with E-state index in [4.69, 9.17) is 5.11 Å². The third-order valence-electron chi connectivity index (χ3n) is 2.50. The van der Waals surface area contributed by atoms with E-state index in [1.54, 1.807) is 6.92 Å². The van der Waals surface area contributed by atoms with Crippen molar-refractivity contribution in [2.24, 2.45) is 11.3 Å². The Morgan fingerprint density at radius 1 is 1.60 bits per heavy atom. The molecule has 1 rings (SSSR count). The number of halogens is 2. The second-order valence-electron chi connectivity index (χ2n) is 3.56. The van der Waals surface area contributed by atoms with Crippen LogP contribution in [0.5, 0.6) is 0 Å². The summed E-state index contributed by atoms with van der Waals surface area (Å²) in [5.41, 5.74) is -2.00. The van der Waals surface area contributed by atoms with Gasteiger partial charge in [-0.15, -0.1) is 0 Å². The van der Waals surface area contributed by atoms with Crippen molar-refractivity contribution in [3.8, 4) is 0 Å². The molecule has 0 aromatic heterocycles. The van der Waals surface area contributed by atoms with Crippen LogP contribution in [0.3, 0.4) is 0 Å². The van der Waals surface area contributed by atoms with Gasteiger partial charge in [-0.3, -0.25) is 9.59 Å². The number of carboxylic acids is 1. The van der Waals surface area contributed by atoms with Crippen molar-refractivity contribution in [3.05, 3.63) is 0 Å². The summed E-state index contributed by atoms with van der Waals surface area (Å²) in [6, 6.07) is 0. The fraction of sp³-hybridized carbons (Fsp3) is 0.778. The van der Waals surface area contributed by atoms with E-state index in [2.05, 4.69) is 4.74 Å². The van der Waals surface area contributed by atoms with E-state index in [9.17, 15) is 18.4 Å².